The number of phenolic OH excluding ortho intramolecular Hbond substituents is 1. The van der Waals surface area contributed by atoms with Gasteiger partial charge in [0.15, 0.2) is 11.5 Å². The number of carbonyl (C=O) groups excluding carboxylic acids is 3. The monoisotopic (exact) mass is 395 g/mol. The van der Waals surface area contributed by atoms with Gasteiger partial charge in [-0.3, -0.25) is 14.5 Å². The van der Waals surface area contributed by atoms with Crippen LogP contribution in [0.25, 0.3) is 0 Å². The van der Waals surface area contributed by atoms with Gasteiger partial charge in [-0.05, 0) is 42.8 Å². The molecule has 1 aliphatic rings. The van der Waals surface area contributed by atoms with E-state index in [1.807, 2.05) is 0 Å². The highest BCUT2D eigenvalue weighted by Gasteiger charge is 2.43. The third kappa shape index (κ3) is 3.71. The van der Waals surface area contributed by atoms with Crippen LogP contribution in [-0.4, -0.2) is 34.5 Å². The largest absolute Gasteiger partial charge is 0.508 e. The number of Topliss-reactive ketones (excluding diaryl/α,β-unsaturated/α-hetero) is 1. The Labute approximate surface area is 167 Å². The second kappa shape index (κ2) is 8.18. The van der Waals surface area contributed by atoms with Crippen molar-refractivity contribution in [1.82, 2.24) is 0 Å². The number of hydrogen-bond acceptors (Lipinski definition) is 6. The highest BCUT2D eigenvalue weighted by molar-refractivity contribution is 6.16. The molecule has 0 spiro atoms. The number of amides is 1. The zero-order chi connectivity index (χ0) is 21.1. The summed E-state index contributed by atoms with van der Waals surface area (Å²) < 4.78 is 5.01. The van der Waals surface area contributed by atoms with Crippen LogP contribution < -0.4 is 4.90 Å². The second-order valence-corrected chi connectivity index (χ2v) is 6.48. The molecule has 7 heteroatoms. The average Bonchev–Trinajstić information content (AvgIpc) is 2.99. The Kier molecular flexibility index (Phi) is 5.68. The Morgan fingerprint density at radius 2 is 1.76 bits per heavy atom. The average molecular weight is 395 g/mol. The summed E-state index contributed by atoms with van der Waals surface area (Å²) in [5, 5.41) is 20.1. The van der Waals surface area contributed by atoms with E-state index in [1.54, 1.807) is 44.2 Å². The number of esters is 1. The molecule has 7 nitrogen and oxygen atoms in total. The standard InChI is InChI=1S/C22H21NO6/c1-3-17(25)18-19(13-8-10-16(24)11-9-13)23(21(27)20(18)26)15-7-5-6-14(12-15)22(28)29-4-2/h5-12,19,24,26H,3-4H2,1-2H3. The van der Waals surface area contributed by atoms with Crippen LogP contribution in [0.5, 0.6) is 5.75 Å². The predicted molar refractivity (Wildman–Crippen MR) is 106 cm³/mol. The van der Waals surface area contributed by atoms with E-state index in [2.05, 4.69) is 0 Å². The Balaban J connectivity index is 2.13. The van der Waals surface area contributed by atoms with Crippen molar-refractivity contribution >= 4 is 23.3 Å². The number of ether oxygens (including phenoxy) is 1. The minimum absolute atomic E-state index is 0.00951. The first-order valence-electron chi connectivity index (χ1n) is 9.25. The van der Waals surface area contributed by atoms with Crippen molar-refractivity contribution in [2.45, 2.75) is 26.3 Å². The van der Waals surface area contributed by atoms with Gasteiger partial charge >= 0.3 is 5.97 Å². The highest BCUT2D eigenvalue weighted by Crippen LogP contribution is 2.41. The number of benzene rings is 2. The fourth-order valence-corrected chi connectivity index (χ4v) is 3.32. The minimum atomic E-state index is -0.881. The summed E-state index contributed by atoms with van der Waals surface area (Å²) in [5.41, 5.74) is 1.11. The molecule has 0 aliphatic carbocycles. The number of hydrogen-bond donors (Lipinski definition) is 2. The summed E-state index contributed by atoms with van der Waals surface area (Å²) in [5.74, 6) is -2.22. The van der Waals surface area contributed by atoms with Crippen molar-refractivity contribution in [3.05, 3.63) is 71.0 Å². The minimum Gasteiger partial charge on any atom is -0.508 e. The SMILES string of the molecule is CCOC(=O)c1cccc(N2C(=O)C(O)=C(C(=O)CC)C2c2ccc(O)cc2)c1. The van der Waals surface area contributed by atoms with Crippen LogP contribution >= 0.6 is 0 Å². The molecule has 150 valence electrons. The third-order valence-corrected chi connectivity index (χ3v) is 4.67. The molecular weight excluding hydrogens is 374 g/mol. The lowest BCUT2D eigenvalue weighted by Crippen LogP contribution is -2.31. The number of nitrogens with zero attached hydrogens (tertiary/aromatic N) is 1. The topological polar surface area (TPSA) is 104 Å². The number of anilines is 1. The van der Waals surface area contributed by atoms with Gasteiger partial charge in [-0.15, -0.1) is 0 Å². The van der Waals surface area contributed by atoms with E-state index in [0.29, 0.717) is 11.3 Å². The smallest absolute Gasteiger partial charge is 0.338 e. The third-order valence-electron chi connectivity index (χ3n) is 4.67. The molecule has 2 aromatic rings. The quantitative estimate of drug-likeness (QED) is 0.726. The van der Waals surface area contributed by atoms with Crippen LogP contribution in [0.3, 0.4) is 0 Å². The van der Waals surface area contributed by atoms with E-state index >= 15 is 0 Å². The zero-order valence-corrected chi connectivity index (χ0v) is 16.1. The van der Waals surface area contributed by atoms with Crippen LogP contribution in [0.15, 0.2) is 59.9 Å². The lowest BCUT2D eigenvalue weighted by molar-refractivity contribution is -0.118. The van der Waals surface area contributed by atoms with E-state index in [4.69, 9.17) is 4.74 Å². The van der Waals surface area contributed by atoms with Gasteiger partial charge in [-0.25, -0.2) is 4.79 Å². The number of aromatic hydroxyl groups is 1. The molecule has 2 N–H and O–H groups in total. The van der Waals surface area contributed by atoms with E-state index in [1.165, 1.54) is 23.1 Å². The summed E-state index contributed by atoms with van der Waals surface area (Å²) in [6, 6.07) is 11.4. The zero-order valence-electron chi connectivity index (χ0n) is 16.1. The molecule has 1 heterocycles. The maximum atomic E-state index is 12.9. The van der Waals surface area contributed by atoms with Gasteiger partial charge in [0.05, 0.1) is 23.8 Å². The summed E-state index contributed by atoms with van der Waals surface area (Å²) in [6.07, 6.45) is 0.109. The van der Waals surface area contributed by atoms with Crippen molar-refractivity contribution in [3.63, 3.8) is 0 Å². The van der Waals surface area contributed by atoms with Gasteiger partial charge < -0.3 is 14.9 Å². The molecule has 3 rings (SSSR count). The molecule has 2 aromatic carbocycles. The maximum Gasteiger partial charge on any atom is 0.338 e. The van der Waals surface area contributed by atoms with E-state index < -0.39 is 23.7 Å². The van der Waals surface area contributed by atoms with Crippen molar-refractivity contribution in [1.29, 1.82) is 0 Å². The lowest BCUT2D eigenvalue weighted by atomic mass is 9.94. The molecule has 1 aliphatic heterocycles. The predicted octanol–water partition coefficient (Wildman–Crippen LogP) is 3.45. The first-order chi connectivity index (χ1) is 13.9. The lowest BCUT2D eigenvalue weighted by Gasteiger charge is -2.27. The van der Waals surface area contributed by atoms with E-state index in [9.17, 15) is 24.6 Å². The van der Waals surface area contributed by atoms with Gasteiger partial charge in [0, 0.05) is 12.1 Å². The highest BCUT2D eigenvalue weighted by atomic mass is 16.5. The molecule has 1 amide bonds. The molecule has 1 atom stereocenters. The van der Waals surface area contributed by atoms with Crippen molar-refractivity contribution < 1.29 is 29.3 Å². The van der Waals surface area contributed by atoms with Crippen LogP contribution in [0.4, 0.5) is 5.69 Å². The molecule has 0 bridgehead atoms. The maximum absolute atomic E-state index is 12.9. The first-order valence-corrected chi connectivity index (χ1v) is 9.25. The van der Waals surface area contributed by atoms with E-state index in [-0.39, 0.29) is 35.7 Å². The van der Waals surface area contributed by atoms with Crippen molar-refractivity contribution in [2.75, 3.05) is 11.5 Å². The second-order valence-electron chi connectivity index (χ2n) is 6.48. The van der Waals surface area contributed by atoms with Gasteiger partial charge in [0.1, 0.15) is 5.75 Å². The van der Waals surface area contributed by atoms with Crippen LogP contribution in [0.1, 0.15) is 42.2 Å². The fourth-order valence-electron chi connectivity index (χ4n) is 3.32. The van der Waals surface area contributed by atoms with Gasteiger partial charge in [0.25, 0.3) is 5.91 Å². The summed E-state index contributed by atoms with van der Waals surface area (Å²) in [4.78, 5) is 38.8. The van der Waals surface area contributed by atoms with Gasteiger partial charge in [-0.1, -0.05) is 25.1 Å². The molecule has 0 fully saturated rings. The molecule has 29 heavy (non-hydrogen) atoms. The van der Waals surface area contributed by atoms with Gasteiger partial charge in [-0.2, -0.15) is 0 Å². The number of ketones is 1. The summed E-state index contributed by atoms with van der Waals surface area (Å²) >= 11 is 0. The number of phenols is 1. The molecule has 0 saturated heterocycles. The van der Waals surface area contributed by atoms with Crippen molar-refractivity contribution in [3.8, 4) is 5.75 Å². The Hall–Kier alpha value is -3.61. The molecule has 0 radical (unpaired) electrons. The molecular formula is C22H21NO6. The molecule has 0 saturated carbocycles. The molecule has 1 unspecified atom stereocenters. The van der Waals surface area contributed by atoms with E-state index in [0.717, 1.165) is 0 Å². The Morgan fingerprint density at radius 1 is 1.07 bits per heavy atom. The number of aliphatic hydroxyl groups is 1. The number of rotatable bonds is 6. The molecule has 0 aromatic heterocycles. The summed E-state index contributed by atoms with van der Waals surface area (Å²) in [7, 11) is 0. The first kappa shape index (κ1) is 20.1. The Bertz CT molecular complexity index is 993. The van der Waals surface area contributed by atoms with Crippen LogP contribution in [-0.2, 0) is 14.3 Å². The van der Waals surface area contributed by atoms with Crippen LogP contribution in [0.2, 0.25) is 0 Å². The summed E-state index contributed by atoms with van der Waals surface area (Å²) in [6.45, 7) is 3.54. The fraction of sp³-hybridized carbons (Fsp3) is 0.227. The van der Waals surface area contributed by atoms with Gasteiger partial charge in [0.2, 0.25) is 0 Å². The van der Waals surface area contributed by atoms with Crippen LogP contribution in [0, 0.1) is 0 Å². The number of aliphatic hydroxyl groups excluding tert-OH is 1. The van der Waals surface area contributed by atoms with Crippen molar-refractivity contribution in [2.24, 2.45) is 0 Å². The normalized spacial score (nSPS) is 16.3. The number of carbonyl (C=O) groups is 3. The Morgan fingerprint density at radius 3 is 2.38 bits per heavy atom.